The molecule has 1 aromatic heterocycles. The molecule has 0 N–H and O–H groups in total. The number of carbonyl (C=O) groups is 2. The SMILES string of the molecule is CC(C)(C)N1C[C@@H](C(=O)N2CCC[C@@H](c3ccc(Cl)cc3)N(C(=O)C3CC(F)(F)C3)CC2)[C@H](c2ccc(Cl)cn2)C1. The molecule has 3 heterocycles. The Bertz CT molecular complexity index is 1240. The van der Waals surface area contributed by atoms with E-state index >= 15 is 0 Å². The van der Waals surface area contributed by atoms with Gasteiger partial charge in [-0.3, -0.25) is 19.5 Å². The minimum atomic E-state index is -2.78. The summed E-state index contributed by atoms with van der Waals surface area (Å²) in [5, 5.41) is 1.15. The summed E-state index contributed by atoms with van der Waals surface area (Å²) in [5.74, 6) is -4.06. The van der Waals surface area contributed by atoms with Crippen LogP contribution >= 0.6 is 23.2 Å². The first kappa shape index (κ1) is 30.2. The van der Waals surface area contributed by atoms with Crippen molar-refractivity contribution in [3.8, 4) is 0 Å². The fraction of sp³-hybridized carbons (Fsp3) is 0.581. The summed E-state index contributed by atoms with van der Waals surface area (Å²) in [6.45, 7) is 8.97. The molecule has 3 aliphatic rings. The maximum absolute atomic E-state index is 14.2. The van der Waals surface area contributed by atoms with E-state index in [1.807, 2.05) is 29.2 Å². The number of hydrogen-bond donors (Lipinski definition) is 0. The van der Waals surface area contributed by atoms with Gasteiger partial charge in [0.2, 0.25) is 17.7 Å². The predicted molar refractivity (Wildman–Crippen MR) is 156 cm³/mol. The Morgan fingerprint density at radius 3 is 2.22 bits per heavy atom. The fourth-order valence-corrected chi connectivity index (χ4v) is 6.69. The number of rotatable bonds is 4. The van der Waals surface area contributed by atoms with E-state index in [2.05, 4.69) is 30.7 Å². The average Bonchev–Trinajstić information content (AvgIpc) is 3.34. The Kier molecular flexibility index (Phi) is 8.66. The van der Waals surface area contributed by atoms with Crippen LogP contribution in [0.2, 0.25) is 10.0 Å². The zero-order valence-corrected chi connectivity index (χ0v) is 25.3. The Morgan fingerprint density at radius 1 is 0.927 bits per heavy atom. The summed E-state index contributed by atoms with van der Waals surface area (Å²) in [5.41, 5.74) is 1.66. The minimum Gasteiger partial charge on any atom is -0.341 e. The van der Waals surface area contributed by atoms with Gasteiger partial charge in [0.1, 0.15) is 0 Å². The van der Waals surface area contributed by atoms with Crippen molar-refractivity contribution >= 4 is 35.0 Å². The van der Waals surface area contributed by atoms with Gasteiger partial charge in [-0.05, 0) is 63.4 Å². The van der Waals surface area contributed by atoms with E-state index in [4.69, 9.17) is 23.2 Å². The van der Waals surface area contributed by atoms with E-state index in [9.17, 15) is 18.4 Å². The van der Waals surface area contributed by atoms with E-state index in [0.717, 1.165) is 11.3 Å². The lowest BCUT2D eigenvalue weighted by molar-refractivity contribution is -0.163. The summed E-state index contributed by atoms with van der Waals surface area (Å²) in [7, 11) is 0. The van der Waals surface area contributed by atoms with Crippen molar-refractivity contribution in [1.82, 2.24) is 19.7 Å². The topological polar surface area (TPSA) is 56.8 Å². The second-order valence-electron chi connectivity index (χ2n) is 12.7. The first-order valence-corrected chi connectivity index (χ1v) is 15.2. The molecule has 222 valence electrons. The molecule has 0 bridgehead atoms. The fourth-order valence-electron chi connectivity index (χ4n) is 6.46. The Hall–Kier alpha value is -2.29. The molecule has 2 amide bonds. The van der Waals surface area contributed by atoms with Gasteiger partial charge in [0.05, 0.1) is 17.0 Å². The molecule has 5 rings (SSSR count). The van der Waals surface area contributed by atoms with Crippen LogP contribution in [0.15, 0.2) is 42.6 Å². The molecule has 41 heavy (non-hydrogen) atoms. The van der Waals surface area contributed by atoms with E-state index in [1.54, 1.807) is 23.2 Å². The predicted octanol–water partition coefficient (Wildman–Crippen LogP) is 6.44. The highest BCUT2D eigenvalue weighted by Gasteiger charge is 2.51. The third-order valence-electron chi connectivity index (χ3n) is 8.90. The zero-order valence-electron chi connectivity index (χ0n) is 23.8. The molecular formula is C31H38Cl2F2N4O2. The number of aromatic nitrogens is 1. The van der Waals surface area contributed by atoms with Crippen LogP contribution in [-0.4, -0.2) is 75.7 Å². The maximum atomic E-state index is 14.2. The summed E-state index contributed by atoms with van der Waals surface area (Å²) < 4.78 is 27.5. The first-order valence-electron chi connectivity index (χ1n) is 14.4. The van der Waals surface area contributed by atoms with Gasteiger partial charge in [0, 0.05) is 79.9 Å². The normalized spacial score (nSPS) is 25.9. The summed E-state index contributed by atoms with van der Waals surface area (Å²) in [6, 6.07) is 10.8. The van der Waals surface area contributed by atoms with Gasteiger partial charge < -0.3 is 9.80 Å². The van der Waals surface area contributed by atoms with Gasteiger partial charge in [-0.1, -0.05) is 35.3 Å². The van der Waals surface area contributed by atoms with Gasteiger partial charge in [-0.25, -0.2) is 8.78 Å². The third-order valence-corrected chi connectivity index (χ3v) is 9.37. The van der Waals surface area contributed by atoms with Gasteiger partial charge in [0.15, 0.2) is 0 Å². The highest BCUT2D eigenvalue weighted by Crippen LogP contribution is 2.45. The van der Waals surface area contributed by atoms with Crippen molar-refractivity contribution in [3.05, 3.63) is 63.9 Å². The van der Waals surface area contributed by atoms with Crippen LogP contribution in [0.5, 0.6) is 0 Å². The molecule has 0 radical (unpaired) electrons. The molecule has 0 unspecified atom stereocenters. The van der Waals surface area contributed by atoms with Crippen LogP contribution in [0.1, 0.15) is 69.7 Å². The van der Waals surface area contributed by atoms with Crippen LogP contribution in [0.4, 0.5) is 8.78 Å². The average molecular weight is 608 g/mol. The lowest BCUT2D eigenvalue weighted by Crippen LogP contribution is -2.52. The van der Waals surface area contributed by atoms with Crippen molar-refractivity contribution in [2.45, 2.75) is 69.9 Å². The van der Waals surface area contributed by atoms with E-state index in [1.165, 1.54) is 0 Å². The van der Waals surface area contributed by atoms with E-state index in [-0.39, 0.29) is 35.2 Å². The lowest BCUT2D eigenvalue weighted by atomic mass is 9.79. The maximum Gasteiger partial charge on any atom is 0.249 e. The molecule has 1 aliphatic carbocycles. The Morgan fingerprint density at radius 2 is 1.61 bits per heavy atom. The number of alkyl halides is 2. The van der Waals surface area contributed by atoms with Gasteiger partial charge >= 0.3 is 0 Å². The second kappa shape index (κ2) is 11.8. The van der Waals surface area contributed by atoms with Crippen molar-refractivity contribution < 1.29 is 18.4 Å². The van der Waals surface area contributed by atoms with E-state index in [0.29, 0.717) is 55.6 Å². The Balaban J connectivity index is 1.37. The second-order valence-corrected chi connectivity index (χ2v) is 13.6. The van der Waals surface area contributed by atoms with Crippen LogP contribution in [-0.2, 0) is 9.59 Å². The minimum absolute atomic E-state index is 0.0472. The summed E-state index contributed by atoms with van der Waals surface area (Å²) >= 11 is 12.2. The number of halogens is 4. The summed E-state index contributed by atoms with van der Waals surface area (Å²) in [4.78, 5) is 38.2. The van der Waals surface area contributed by atoms with Gasteiger partial charge in [-0.15, -0.1) is 0 Å². The number of pyridine rings is 1. The van der Waals surface area contributed by atoms with Crippen molar-refractivity contribution in [1.29, 1.82) is 0 Å². The quantitative estimate of drug-likeness (QED) is 0.402. The van der Waals surface area contributed by atoms with E-state index < -0.39 is 24.7 Å². The largest absolute Gasteiger partial charge is 0.341 e. The van der Waals surface area contributed by atoms with Crippen LogP contribution in [0.25, 0.3) is 0 Å². The molecule has 1 saturated carbocycles. The molecular weight excluding hydrogens is 569 g/mol. The molecule has 0 spiro atoms. The number of nitrogens with zero attached hydrogens (tertiary/aromatic N) is 4. The van der Waals surface area contributed by atoms with Gasteiger partial charge in [0.25, 0.3) is 0 Å². The van der Waals surface area contributed by atoms with Crippen molar-refractivity contribution in [2.24, 2.45) is 11.8 Å². The first-order chi connectivity index (χ1) is 19.3. The number of amides is 2. The smallest absolute Gasteiger partial charge is 0.249 e. The molecule has 2 saturated heterocycles. The molecule has 6 nitrogen and oxygen atoms in total. The number of likely N-dealkylation sites (tertiary alicyclic amines) is 1. The number of carbonyl (C=O) groups excluding carboxylic acids is 2. The molecule has 10 heteroatoms. The van der Waals surface area contributed by atoms with Crippen molar-refractivity contribution in [3.63, 3.8) is 0 Å². The van der Waals surface area contributed by atoms with Crippen LogP contribution in [0.3, 0.4) is 0 Å². The third kappa shape index (κ3) is 6.70. The van der Waals surface area contributed by atoms with Crippen molar-refractivity contribution in [2.75, 3.05) is 32.7 Å². The highest BCUT2D eigenvalue weighted by atomic mass is 35.5. The standard InChI is InChI=1S/C31H38Cl2F2N4O2/c1-30(2,3)38-18-24(26-11-10-23(33)17-36-26)25(19-38)29(41)37-12-4-5-27(20-6-8-22(32)9-7-20)39(14-13-37)28(40)21-15-31(34,35)16-21/h6-11,17,21,24-25,27H,4-5,12-16,18-19H2,1-3H3/t24-,25-,27+/m1/s1. The highest BCUT2D eigenvalue weighted by molar-refractivity contribution is 6.30. The Labute approximate surface area is 251 Å². The lowest BCUT2D eigenvalue weighted by Gasteiger charge is -2.42. The number of benzene rings is 1. The number of hydrogen-bond acceptors (Lipinski definition) is 4. The monoisotopic (exact) mass is 606 g/mol. The van der Waals surface area contributed by atoms with Crippen LogP contribution in [0, 0.1) is 11.8 Å². The summed E-state index contributed by atoms with van der Waals surface area (Å²) in [6.07, 6.45) is 2.10. The molecule has 3 atom stereocenters. The zero-order chi connectivity index (χ0) is 29.5. The molecule has 3 fully saturated rings. The molecule has 2 aromatic rings. The molecule has 1 aromatic carbocycles. The molecule has 2 aliphatic heterocycles. The van der Waals surface area contributed by atoms with Gasteiger partial charge in [-0.2, -0.15) is 0 Å². The van der Waals surface area contributed by atoms with Crippen LogP contribution < -0.4 is 0 Å².